The normalized spacial score (nSPS) is 11.9. The molecule has 1 heterocycles. The highest BCUT2D eigenvalue weighted by Gasteiger charge is 2.40. The Morgan fingerprint density at radius 1 is 0.828 bits per heavy atom. The molecule has 2 aromatic carbocycles. The fourth-order valence-electron chi connectivity index (χ4n) is 2.86. The summed E-state index contributed by atoms with van der Waals surface area (Å²) in [5.41, 5.74) is 0.253. The summed E-state index contributed by atoms with van der Waals surface area (Å²) in [6.07, 6.45) is 0. The maximum atomic E-state index is 13.5. The molecule has 0 radical (unpaired) electrons. The van der Waals surface area contributed by atoms with Crippen molar-refractivity contribution in [2.45, 2.75) is 23.6 Å². The molecule has 0 aliphatic rings. The first-order valence-corrected chi connectivity index (χ1v) is 12.1. The molecule has 0 unspecified atom stereocenters. The van der Waals surface area contributed by atoms with Crippen molar-refractivity contribution in [2.24, 2.45) is 0 Å². The zero-order valence-corrected chi connectivity index (χ0v) is 17.9. The molecular weight excluding hydrogens is 434 g/mol. The van der Waals surface area contributed by atoms with Crippen LogP contribution < -0.4 is 3.71 Å². The van der Waals surface area contributed by atoms with Gasteiger partial charge in [-0.15, -0.1) is 11.3 Å². The van der Waals surface area contributed by atoms with Gasteiger partial charge in [0.15, 0.2) is 0 Å². The lowest BCUT2D eigenvalue weighted by molar-refractivity contribution is 0.0703. The maximum Gasteiger partial charge on any atom is 0.348 e. The zero-order valence-electron chi connectivity index (χ0n) is 15.4. The van der Waals surface area contributed by atoms with Crippen LogP contribution in [-0.4, -0.2) is 27.9 Å². The number of carboxylic acids is 1. The summed E-state index contributed by atoms with van der Waals surface area (Å²) < 4.78 is 54.3. The van der Waals surface area contributed by atoms with Crippen LogP contribution in [0.4, 0.5) is 5.69 Å². The third-order valence-electron chi connectivity index (χ3n) is 4.21. The van der Waals surface area contributed by atoms with E-state index in [1.54, 1.807) is 12.1 Å². The second kappa shape index (κ2) is 7.62. The van der Waals surface area contributed by atoms with E-state index in [-0.39, 0.29) is 18.4 Å². The Morgan fingerprint density at radius 3 is 1.69 bits per heavy atom. The Balaban J connectivity index is 2.38. The van der Waals surface area contributed by atoms with Crippen LogP contribution in [0.5, 0.6) is 0 Å². The summed E-state index contributed by atoms with van der Waals surface area (Å²) in [5, 5.41) is 10.8. The van der Waals surface area contributed by atoms with Gasteiger partial charge < -0.3 is 5.11 Å². The maximum absolute atomic E-state index is 13.5. The molecule has 1 N–H and O–H groups in total. The first-order chi connectivity index (χ1) is 13.6. The quantitative estimate of drug-likeness (QED) is 0.613. The fraction of sp³-hybridized carbons (Fsp3) is 0.105. The van der Waals surface area contributed by atoms with Gasteiger partial charge in [-0.25, -0.2) is 4.79 Å². The third-order valence-corrected chi connectivity index (χ3v) is 9.58. The molecule has 0 bridgehead atoms. The summed E-state index contributed by atoms with van der Waals surface area (Å²) in [4.78, 5) is 10.8. The van der Waals surface area contributed by atoms with Gasteiger partial charge in [-0.2, -0.15) is 20.5 Å². The van der Waals surface area contributed by atoms with Crippen molar-refractivity contribution in [2.75, 3.05) is 3.71 Å². The van der Waals surface area contributed by atoms with Crippen molar-refractivity contribution in [1.29, 1.82) is 0 Å². The number of carbonyl (C=O) groups is 1. The van der Waals surface area contributed by atoms with E-state index in [0.717, 1.165) is 11.3 Å². The van der Waals surface area contributed by atoms with E-state index in [2.05, 4.69) is 0 Å². The number of aryl methyl sites for hydroxylation is 2. The molecule has 152 valence electrons. The van der Waals surface area contributed by atoms with Crippen LogP contribution in [0.1, 0.15) is 20.8 Å². The van der Waals surface area contributed by atoms with Crippen molar-refractivity contribution in [3.05, 3.63) is 76.0 Å². The van der Waals surface area contributed by atoms with E-state index >= 15 is 0 Å². The average Bonchev–Trinajstić information content (AvgIpc) is 3.11. The van der Waals surface area contributed by atoms with Crippen LogP contribution in [0.3, 0.4) is 0 Å². The number of thiophene rings is 1. The molecule has 1 aromatic heterocycles. The highest BCUT2D eigenvalue weighted by atomic mass is 32.3. The first-order valence-electron chi connectivity index (χ1n) is 8.31. The summed E-state index contributed by atoms with van der Waals surface area (Å²) in [7, 11) is -9.29. The van der Waals surface area contributed by atoms with Crippen molar-refractivity contribution >= 4 is 43.0 Å². The molecule has 29 heavy (non-hydrogen) atoms. The fourth-order valence-corrected chi connectivity index (χ4v) is 7.84. The number of rotatable bonds is 6. The van der Waals surface area contributed by atoms with Crippen LogP contribution >= 0.6 is 11.3 Å². The second-order valence-corrected chi connectivity index (χ2v) is 10.8. The van der Waals surface area contributed by atoms with Gasteiger partial charge >= 0.3 is 5.97 Å². The Bertz CT molecular complexity index is 1220. The van der Waals surface area contributed by atoms with Gasteiger partial charge in [-0.05, 0) is 48.6 Å². The molecule has 7 nitrogen and oxygen atoms in total. The number of sulfonamides is 2. The predicted octanol–water partition coefficient (Wildman–Crippen LogP) is 3.65. The van der Waals surface area contributed by atoms with E-state index in [1.807, 2.05) is 0 Å². The van der Waals surface area contributed by atoms with Gasteiger partial charge in [0, 0.05) is 0 Å². The average molecular weight is 452 g/mol. The van der Waals surface area contributed by atoms with Crippen molar-refractivity contribution in [1.82, 2.24) is 0 Å². The van der Waals surface area contributed by atoms with E-state index in [1.165, 1.54) is 61.7 Å². The zero-order chi connectivity index (χ0) is 21.4. The Labute approximate surface area is 173 Å². The summed E-state index contributed by atoms with van der Waals surface area (Å²) in [6.45, 7) is 3.08. The van der Waals surface area contributed by atoms with E-state index in [4.69, 9.17) is 0 Å². The SMILES string of the molecule is Cc1ccccc1S(=O)(=O)N(c1ccsc1C(=O)O)S(=O)(=O)c1ccccc1C. The van der Waals surface area contributed by atoms with Crippen LogP contribution in [0.25, 0.3) is 0 Å². The molecule has 3 aromatic rings. The molecule has 0 atom stereocenters. The molecule has 0 amide bonds. The lowest BCUT2D eigenvalue weighted by Crippen LogP contribution is -2.38. The number of aromatic carboxylic acids is 1. The van der Waals surface area contributed by atoms with Crippen molar-refractivity contribution < 1.29 is 26.7 Å². The lowest BCUT2D eigenvalue weighted by Gasteiger charge is -2.25. The van der Waals surface area contributed by atoms with Gasteiger partial charge in [0.1, 0.15) is 4.88 Å². The van der Waals surface area contributed by atoms with Gasteiger partial charge in [0.2, 0.25) is 0 Å². The standard InChI is InChI=1S/C19H17NO6S3/c1-13-7-3-5-9-16(13)28(23,24)20(15-11-12-27-18(15)19(21)22)29(25,26)17-10-6-4-8-14(17)2/h3-12H,1-2H3,(H,21,22). The summed E-state index contributed by atoms with van der Waals surface area (Å²) in [5.74, 6) is -1.42. The molecular formula is C19H17NO6S3. The minimum atomic E-state index is -4.64. The first kappa shape index (κ1) is 21.0. The molecule has 0 aliphatic carbocycles. The number of nitrogens with zero attached hydrogens (tertiary/aromatic N) is 1. The molecule has 0 saturated heterocycles. The number of carboxylic acid groups (broad SMARTS) is 1. The highest BCUT2D eigenvalue weighted by molar-refractivity contribution is 8.10. The molecule has 0 fully saturated rings. The van der Waals surface area contributed by atoms with Gasteiger partial charge in [0.05, 0.1) is 15.5 Å². The number of anilines is 1. The minimum Gasteiger partial charge on any atom is -0.477 e. The molecule has 10 heteroatoms. The molecule has 0 aliphatic heterocycles. The van der Waals surface area contributed by atoms with Crippen LogP contribution in [0.15, 0.2) is 69.8 Å². The van der Waals surface area contributed by atoms with Crippen molar-refractivity contribution in [3.63, 3.8) is 0 Å². The van der Waals surface area contributed by atoms with Crippen LogP contribution in [0.2, 0.25) is 0 Å². The van der Waals surface area contributed by atoms with Crippen LogP contribution in [0, 0.1) is 13.8 Å². The lowest BCUT2D eigenvalue weighted by atomic mass is 10.2. The topological polar surface area (TPSA) is 109 Å². The Morgan fingerprint density at radius 2 is 1.28 bits per heavy atom. The van der Waals surface area contributed by atoms with Gasteiger partial charge in [-0.3, -0.25) is 0 Å². The largest absolute Gasteiger partial charge is 0.477 e. The molecule has 0 saturated carbocycles. The second-order valence-electron chi connectivity index (χ2n) is 6.18. The van der Waals surface area contributed by atoms with Crippen LogP contribution in [-0.2, 0) is 20.0 Å². The summed E-state index contributed by atoms with van der Waals surface area (Å²) in [6, 6.07) is 13.0. The van der Waals surface area contributed by atoms with E-state index in [0.29, 0.717) is 11.1 Å². The molecule has 3 rings (SSSR count). The molecule has 0 spiro atoms. The number of hydrogen-bond donors (Lipinski definition) is 1. The van der Waals surface area contributed by atoms with E-state index in [9.17, 15) is 26.7 Å². The Kier molecular flexibility index (Phi) is 5.52. The smallest absolute Gasteiger partial charge is 0.348 e. The number of hydrogen-bond acceptors (Lipinski definition) is 6. The number of benzene rings is 2. The van der Waals surface area contributed by atoms with Crippen molar-refractivity contribution in [3.8, 4) is 0 Å². The minimum absolute atomic E-state index is 0.223. The van der Waals surface area contributed by atoms with Gasteiger partial charge in [-0.1, -0.05) is 36.4 Å². The predicted molar refractivity (Wildman–Crippen MR) is 110 cm³/mol. The Hall–Kier alpha value is -2.69. The summed E-state index contributed by atoms with van der Waals surface area (Å²) >= 11 is 0.747. The van der Waals surface area contributed by atoms with E-state index < -0.39 is 31.7 Å². The van der Waals surface area contributed by atoms with Gasteiger partial charge in [0.25, 0.3) is 20.0 Å². The monoisotopic (exact) mass is 451 g/mol. The highest BCUT2D eigenvalue weighted by Crippen LogP contribution is 2.37. The third kappa shape index (κ3) is 3.66.